The summed E-state index contributed by atoms with van der Waals surface area (Å²) in [6.07, 6.45) is 2.32. The molecule has 0 fully saturated rings. The number of benzene rings is 6. The molecule has 0 saturated carbocycles. The number of anilines is 6. The standard InChI is InChI=1S/C55H57BN2O/c1-34-29-46-49-47(30-34)58(44-20-16-15-19-39(44)35-17-13-12-14-18-35)45-31-37(53(5,6)7)23-26-43(45)56(49)51-50(57(46)38-24-21-36(22-25-38)52(2,3)4)40-32-41-42(33-48(40)59-51)55(10,11)28-27-54(41,8)9/h12-26,29-33H,27-28H2,1-11H3. The first-order chi connectivity index (χ1) is 27.9. The quantitative estimate of drug-likeness (QED) is 0.167. The van der Waals surface area contributed by atoms with Gasteiger partial charge >= 0.3 is 0 Å². The molecule has 0 amide bonds. The third-order valence-corrected chi connectivity index (χ3v) is 13.9. The van der Waals surface area contributed by atoms with Gasteiger partial charge in [-0.2, -0.15) is 0 Å². The Labute approximate surface area is 352 Å². The van der Waals surface area contributed by atoms with E-state index >= 15 is 0 Å². The van der Waals surface area contributed by atoms with Gasteiger partial charge in [-0.05, 0) is 134 Å². The van der Waals surface area contributed by atoms with Crippen LogP contribution in [0.25, 0.3) is 22.1 Å². The summed E-state index contributed by atoms with van der Waals surface area (Å²) < 4.78 is 7.46. The smallest absolute Gasteiger partial charge is 0.297 e. The van der Waals surface area contributed by atoms with Gasteiger partial charge in [0.05, 0.1) is 17.0 Å². The van der Waals surface area contributed by atoms with Crippen molar-refractivity contribution < 1.29 is 4.42 Å². The lowest BCUT2D eigenvalue weighted by atomic mass is 9.35. The predicted octanol–water partition coefficient (Wildman–Crippen LogP) is 13.4. The lowest BCUT2D eigenvalue weighted by Gasteiger charge is -2.43. The molecule has 0 radical (unpaired) electrons. The maximum absolute atomic E-state index is 7.46. The van der Waals surface area contributed by atoms with E-state index in [-0.39, 0.29) is 28.4 Å². The molecule has 59 heavy (non-hydrogen) atoms. The Morgan fingerprint density at radius 3 is 1.83 bits per heavy atom. The topological polar surface area (TPSA) is 19.6 Å². The zero-order valence-corrected chi connectivity index (χ0v) is 36.8. The first kappa shape index (κ1) is 37.8. The van der Waals surface area contributed by atoms with Crippen LogP contribution in [0.15, 0.2) is 126 Å². The van der Waals surface area contributed by atoms with E-state index in [0.717, 1.165) is 29.8 Å². The van der Waals surface area contributed by atoms with E-state index in [1.165, 1.54) is 83.7 Å². The van der Waals surface area contributed by atoms with Gasteiger partial charge in [-0.15, -0.1) is 0 Å². The Morgan fingerprint density at radius 2 is 1.17 bits per heavy atom. The Balaban J connectivity index is 1.33. The summed E-state index contributed by atoms with van der Waals surface area (Å²) in [5, 5.41) is 1.20. The highest BCUT2D eigenvalue weighted by atomic mass is 16.3. The normalized spacial score (nSPS) is 16.4. The van der Waals surface area contributed by atoms with Gasteiger partial charge in [0, 0.05) is 33.7 Å². The highest BCUT2D eigenvalue weighted by Gasteiger charge is 2.48. The fourth-order valence-electron chi connectivity index (χ4n) is 10.3. The van der Waals surface area contributed by atoms with E-state index in [2.05, 4.69) is 207 Å². The van der Waals surface area contributed by atoms with Crippen molar-refractivity contribution in [3.63, 3.8) is 0 Å². The van der Waals surface area contributed by atoms with Crippen LogP contribution in [-0.4, -0.2) is 6.71 Å². The molecule has 0 saturated heterocycles. The summed E-state index contributed by atoms with van der Waals surface area (Å²) in [6.45, 7) is 25.7. The minimum absolute atomic E-state index is 0.0382. The van der Waals surface area contributed by atoms with Crippen LogP contribution >= 0.6 is 0 Å². The van der Waals surface area contributed by atoms with Gasteiger partial charge in [0.15, 0.2) is 0 Å². The molecule has 1 aliphatic carbocycles. The van der Waals surface area contributed by atoms with Crippen molar-refractivity contribution in [1.29, 1.82) is 0 Å². The van der Waals surface area contributed by atoms with Crippen LogP contribution in [0, 0.1) is 6.92 Å². The average Bonchev–Trinajstić information content (AvgIpc) is 3.57. The summed E-state index contributed by atoms with van der Waals surface area (Å²) in [4.78, 5) is 5.10. The molecule has 296 valence electrons. The SMILES string of the molecule is Cc1cc2c3c(c1)N(c1ccc(C(C)(C)C)cc1)c1c(oc4cc5c(cc14)C(C)(C)CCC5(C)C)B3c1ccc(C(C)(C)C)cc1N2c1ccccc1-c1ccccc1. The number of nitrogens with zero attached hydrogens (tertiary/aromatic N) is 2. The minimum atomic E-state index is -0.102. The molecule has 2 aliphatic heterocycles. The molecule has 0 unspecified atom stereocenters. The molecule has 3 heterocycles. The minimum Gasteiger partial charge on any atom is -0.468 e. The Morgan fingerprint density at radius 1 is 0.576 bits per heavy atom. The molecule has 0 N–H and O–H groups in total. The molecule has 0 bridgehead atoms. The van der Waals surface area contributed by atoms with Crippen LogP contribution in [0.5, 0.6) is 0 Å². The molecule has 0 atom stereocenters. The van der Waals surface area contributed by atoms with Crippen LogP contribution in [0.4, 0.5) is 34.1 Å². The van der Waals surface area contributed by atoms with E-state index in [9.17, 15) is 0 Å². The highest BCUT2D eigenvalue weighted by molar-refractivity contribution is 7.00. The molecule has 3 nitrogen and oxygen atoms in total. The van der Waals surface area contributed by atoms with Crippen molar-refractivity contribution in [3.8, 4) is 11.1 Å². The number of hydrogen-bond acceptors (Lipinski definition) is 3. The average molecular weight is 773 g/mol. The highest BCUT2D eigenvalue weighted by Crippen LogP contribution is 2.52. The summed E-state index contributed by atoms with van der Waals surface area (Å²) in [6, 6.07) is 46.1. The van der Waals surface area contributed by atoms with Gasteiger partial charge in [-0.25, -0.2) is 0 Å². The van der Waals surface area contributed by atoms with Gasteiger partial charge in [-0.3, -0.25) is 0 Å². The fraction of sp³-hybridized carbons (Fsp3) is 0.309. The number of hydrogen-bond donors (Lipinski definition) is 0. The lowest BCUT2D eigenvalue weighted by molar-refractivity contribution is 0.332. The third-order valence-electron chi connectivity index (χ3n) is 13.9. The third kappa shape index (κ3) is 5.84. The zero-order chi connectivity index (χ0) is 41.4. The number of furan rings is 1. The molecule has 3 aliphatic rings. The maximum Gasteiger partial charge on any atom is 0.297 e. The van der Waals surface area contributed by atoms with Gasteiger partial charge in [-0.1, -0.05) is 142 Å². The maximum atomic E-state index is 7.46. The first-order valence-corrected chi connectivity index (χ1v) is 21.7. The summed E-state index contributed by atoms with van der Waals surface area (Å²) in [7, 11) is 0. The molecule has 4 heteroatoms. The Hall–Kier alpha value is -5.48. The van der Waals surface area contributed by atoms with Crippen LogP contribution in [0.2, 0.25) is 0 Å². The zero-order valence-electron chi connectivity index (χ0n) is 36.8. The number of para-hydroxylation sites is 1. The van der Waals surface area contributed by atoms with Crippen molar-refractivity contribution in [3.05, 3.63) is 149 Å². The van der Waals surface area contributed by atoms with E-state index in [1.807, 2.05) is 0 Å². The predicted molar refractivity (Wildman–Crippen MR) is 253 cm³/mol. The second-order valence-corrected chi connectivity index (χ2v) is 21.0. The molecule has 1 aromatic heterocycles. The Kier molecular flexibility index (Phi) is 8.17. The summed E-state index contributed by atoms with van der Waals surface area (Å²) in [5.41, 5.74) is 21.0. The van der Waals surface area contributed by atoms with Crippen LogP contribution in [0.3, 0.4) is 0 Å². The molecular weight excluding hydrogens is 715 g/mol. The second-order valence-electron chi connectivity index (χ2n) is 21.0. The van der Waals surface area contributed by atoms with Crippen molar-refractivity contribution in [2.75, 3.05) is 9.80 Å². The van der Waals surface area contributed by atoms with E-state index in [4.69, 9.17) is 4.42 Å². The van der Waals surface area contributed by atoms with E-state index < -0.39 is 0 Å². The lowest BCUT2D eigenvalue weighted by Crippen LogP contribution is -2.61. The number of aryl methyl sites for hydroxylation is 1. The van der Waals surface area contributed by atoms with Gasteiger partial charge in [0.1, 0.15) is 5.58 Å². The number of fused-ring (bicyclic) bond motifs is 7. The van der Waals surface area contributed by atoms with Crippen LogP contribution < -0.4 is 26.4 Å². The van der Waals surface area contributed by atoms with Crippen LogP contribution in [0.1, 0.15) is 110 Å². The monoisotopic (exact) mass is 772 g/mol. The van der Waals surface area contributed by atoms with Gasteiger partial charge in [0.25, 0.3) is 6.71 Å². The van der Waals surface area contributed by atoms with Crippen molar-refractivity contribution in [2.24, 2.45) is 0 Å². The largest absolute Gasteiger partial charge is 0.468 e. The second kappa shape index (κ2) is 12.8. The van der Waals surface area contributed by atoms with E-state index in [0.29, 0.717) is 0 Å². The fourth-order valence-corrected chi connectivity index (χ4v) is 10.3. The summed E-state index contributed by atoms with van der Waals surface area (Å²) >= 11 is 0. The Bertz CT molecular complexity index is 2810. The first-order valence-electron chi connectivity index (χ1n) is 21.7. The molecule has 7 aromatic rings. The number of rotatable bonds is 3. The molecule has 0 spiro atoms. The molecule has 6 aromatic carbocycles. The van der Waals surface area contributed by atoms with Crippen molar-refractivity contribution in [1.82, 2.24) is 0 Å². The van der Waals surface area contributed by atoms with Crippen molar-refractivity contribution in [2.45, 2.75) is 111 Å². The van der Waals surface area contributed by atoms with Gasteiger partial charge < -0.3 is 14.2 Å². The van der Waals surface area contributed by atoms with Crippen molar-refractivity contribution >= 4 is 68.4 Å². The summed E-state index contributed by atoms with van der Waals surface area (Å²) in [5.74, 6) is 0. The van der Waals surface area contributed by atoms with Gasteiger partial charge in [0.2, 0.25) is 0 Å². The molecule has 10 rings (SSSR count). The van der Waals surface area contributed by atoms with Crippen LogP contribution in [-0.2, 0) is 21.7 Å². The molecular formula is C55H57BN2O. The van der Waals surface area contributed by atoms with E-state index in [1.54, 1.807) is 0 Å².